The predicted octanol–water partition coefficient (Wildman–Crippen LogP) is 7.19. The molecule has 4 rings (SSSR count). The van der Waals surface area contributed by atoms with Crippen LogP contribution in [0.5, 0.6) is 17.2 Å². The summed E-state index contributed by atoms with van der Waals surface area (Å²) in [6, 6.07) is 17.3. The molecule has 0 amide bonds. The van der Waals surface area contributed by atoms with Crippen LogP contribution in [0.2, 0.25) is 10.0 Å². The van der Waals surface area contributed by atoms with Gasteiger partial charge in [0, 0.05) is 16.0 Å². The van der Waals surface area contributed by atoms with Gasteiger partial charge >= 0.3 is 5.97 Å². The SMILES string of the molecule is CCOc1cc(/C=N\Nc2nc(-c3ccc(Cl)cc3Cl)cs2)ccc1OC(=O)c1ccccc1OC. The lowest BCUT2D eigenvalue weighted by Crippen LogP contribution is -2.11. The van der Waals surface area contributed by atoms with E-state index in [1.54, 1.807) is 60.8 Å². The van der Waals surface area contributed by atoms with Gasteiger partial charge in [-0.15, -0.1) is 11.3 Å². The van der Waals surface area contributed by atoms with Crippen LogP contribution in [0.15, 0.2) is 71.1 Å². The molecule has 0 radical (unpaired) electrons. The number of carbonyl (C=O) groups is 1. The summed E-state index contributed by atoms with van der Waals surface area (Å²) in [6.07, 6.45) is 1.62. The molecule has 1 heterocycles. The maximum atomic E-state index is 12.7. The zero-order valence-corrected chi connectivity index (χ0v) is 21.7. The van der Waals surface area contributed by atoms with Crippen LogP contribution < -0.4 is 19.6 Å². The second kappa shape index (κ2) is 11.9. The third-order valence-corrected chi connectivity index (χ3v) is 6.18. The first-order valence-electron chi connectivity index (χ1n) is 10.8. The van der Waals surface area contributed by atoms with Crippen LogP contribution in [0.4, 0.5) is 5.13 Å². The Morgan fingerprint density at radius 3 is 2.69 bits per heavy atom. The summed E-state index contributed by atoms with van der Waals surface area (Å²) in [4.78, 5) is 17.2. The van der Waals surface area contributed by atoms with Crippen molar-refractivity contribution in [3.05, 3.63) is 87.2 Å². The number of anilines is 1. The molecule has 4 aromatic rings. The average Bonchev–Trinajstić information content (AvgIpc) is 3.34. The van der Waals surface area contributed by atoms with E-state index in [-0.39, 0.29) is 0 Å². The number of esters is 1. The lowest BCUT2D eigenvalue weighted by atomic mass is 10.2. The Morgan fingerprint density at radius 2 is 1.92 bits per heavy atom. The summed E-state index contributed by atoms with van der Waals surface area (Å²) in [5.74, 6) is 0.594. The van der Waals surface area contributed by atoms with Gasteiger partial charge in [-0.05, 0) is 61.0 Å². The third kappa shape index (κ3) is 6.15. The number of rotatable bonds is 9. The van der Waals surface area contributed by atoms with Crippen molar-refractivity contribution in [2.24, 2.45) is 5.10 Å². The summed E-state index contributed by atoms with van der Waals surface area (Å²) in [6.45, 7) is 2.24. The first-order valence-corrected chi connectivity index (χ1v) is 12.4. The molecule has 7 nitrogen and oxygen atoms in total. The van der Waals surface area contributed by atoms with E-state index in [2.05, 4.69) is 15.5 Å². The molecule has 0 aliphatic carbocycles. The van der Waals surface area contributed by atoms with Gasteiger partial charge in [0.05, 0.1) is 30.6 Å². The number of hydrogen-bond donors (Lipinski definition) is 1. The number of ether oxygens (including phenoxy) is 3. The smallest absolute Gasteiger partial charge is 0.347 e. The highest BCUT2D eigenvalue weighted by Crippen LogP contribution is 2.33. The molecule has 184 valence electrons. The maximum absolute atomic E-state index is 12.7. The fraction of sp³-hybridized carbons (Fsp3) is 0.115. The van der Waals surface area contributed by atoms with E-state index in [0.29, 0.717) is 44.6 Å². The highest BCUT2D eigenvalue weighted by atomic mass is 35.5. The van der Waals surface area contributed by atoms with Crippen LogP contribution in [0.25, 0.3) is 11.3 Å². The van der Waals surface area contributed by atoms with Crippen molar-refractivity contribution in [3.63, 3.8) is 0 Å². The minimum atomic E-state index is -0.545. The summed E-state index contributed by atoms with van der Waals surface area (Å²) >= 11 is 13.6. The van der Waals surface area contributed by atoms with Gasteiger partial charge in [0.25, 0.3) is 0 Å². The van der Waals surface area contributed by atoms with E-state index < -0.39 is 5.97 Å². The molecule has 1 aromatic heterocycles. The minimum absolute atomic E-state index is 0.294. The Labute approximate surface area is 222 Å². The fourth-order valence-corrected chi connectivity index (χ4v) is 4.40. The van der Waals surface area contributed by atoms with E-state index >= 15 is 0 Å². The normalized spacial score (nSPS) is 10.9. The Kier molecular flexibility index (Phi) is 8.43. The molecule has 36 heavy (non-hydrogen) atoms. The molecule has 10 heteroatoms. The van der Waals surface area contributed by atoms with Crippen LogP contribution in [-0.4, -0.2) is 30.9 Å². The second-order valence-electron chi connectivity index (χ2n) is 7.26. The molecule has 0 saturated heterocycles. The van der Waals surface area contributed by atoms with Crippen LogP contribution in [0, 0.1) is 0 Å². The number of thiazole rings is 1. The Morgan fingerprint density at radius 1 is 1.08 bits per heavy atom. The standard InChI is InChI=1S/C26H21Cl2N3O4S/c1-3-34-24-12-16(8-11-23(24)35-25(32)19-6-4-5-7-22(19)33-2)14-29-31-26-30-21(15-36-26)18-10-9-17(27)13-20(18)28/h4-15H,3H2,1-2H3,(H,30,31)/b29-14-. The van der Waals surface area contributed by atoms with Gasteiger partial charge < -0.3 is 14.2 Å². The number of halogens is 2. The summed E-state index contributed by atoms with van der Waals surface area (Å²) in [7, 11) is 1.50. The van der Waals surface area contributed by atoms with Crippen LogP contribution in [-0.2, 0) is 0 Å². The molecule has 0 fully saturated rings. The Balaban J connectivity index is 1.46. The first-order chi connectivity index (χ1) is 17.5. The average molecular weight is 542 g/mol. The molecular weight excluding hydrogens is 521 g/mol. The Hall–Kier alpha value is -3.59. The number of hydrazone groups is 1. The van der Waals surface area contributed by atoms with E-state index in [9.17, 15) is 4.79 Å². The topological polar surface area (TPSA) is 82.0 Å². The summed E-state index contributed by atoms with van der Waals surface area (Å²) in [5.41, 5.74) is 5.48. The number of benzene rings is 3. The van der Waals surface area contributed by atoms with Crippen LogP contribution >= 0.6 is 34.5 Å². The number of nitrogens with zero attached hydrogens (tertiary/aromatic N) is 2. The number of aromatic nitrogens is 1. The van der Waals surface area contributed by atoms with Crippen molar-refractivity contribution < 1.29 is 19.0 Å². The van der Waals surface area contributed by atoms with Crippen molar-refractivity contribution in [1.82, 2.24) is 4.98 Å². The van der Waals surface area contributed by atoms with Crippen LogP contribution in [0.1, 0.15) is 22.8 Å². The second-order valence-corrected chi connectivity index (χ2v) is 8.96. The predicted molar refractivity (Wildman–Crippen MR) is 144 cm³/mol. The molecule has 3 aromatic carbocycles. The molecule has 0 atom stereocenters. The number of nitrogens with one attached hydrogen (secondary N) is 1. The van der Waals surface area contributed by atoms with Crippen LogP contribution in [0.3, 0.4) is 0 Å². The van der Waals surface area contributed by atoms with E-state index in [0.717, 1.165) is 16.8 Å². The van der Waals surface area contributed by atoms with Gasteiger partial charge in [0.1, 0.15) is 11.3 Å². The number of carbonyl (C=O) groups excluding carboxylic acids is 1. The van der Waals surface area contributed by atoms with Gasteiger partial charge in [0.15, 0.2) is 11.5 Å². The van der Waals surface area contributed by atoms with Crippen molar-refractivity contribution in [2.45, 2.75) is 6.92 Å². The quantitative estimate of drug-likeness (QED) is 0.104. The highest BCUT2D eigenvalue weighted by molar-refractivity contribution is 7.14. The number of methoxy groups -OCH3 is 1. The lowest BCUT2D eigenvalue weighted by molar-refractivity contribution is 0.0725. The molecular formula is C26H21Cl2N3O4S. The van der Waals surface area contributed by atoms with Gasteiger partial charge in [0.2, 0.25) is 5.13 Å². The highest BCUT2D eigenvalue weighted by Gasteiger charge is 2.17. The van der Waals surface area contributed by atoms with Crippen molar-refractivity contribution in [2.75, 3.05) is 19.1 Å². The monoisotopic (exact) mass is 541 g/mol. The molecule has 0 unspecified atom stereocenters. The molecule has 0 spiro atoms. The largest absolute Gasteiger partial charge is 0.496 e. The zero-order valence-electron chi connectivity index (χ0n) is 19.3. The summed E-state index contributed by atoms with van der Waals surface area (Å²) < 4.78 is 16.5. The molecule has 1 N–H and O–H groups in total. The van der Waals surface area contributed by atoms with E-state index in [4.69, 9.17) is 37.4 Å². The lowest BCUT2D eigenvalue weighted by Gasteiger charge is -2.12. The molecule has 0 aliphatic rings. The van der Waals surface area contributed by atoms with E-state index in [1.165, 1.54) is 18.4 Å². The first kappa shape index (κ1) is 25.5. The van der Waals surface area contributed by atoms with Gasteiger partial charge in [-0.2, -0.15) is 5.10 Å². The van der Waals surface area contributed by atoms with Crippen molar-refractivity contribution >= 4 is 51.9 Å². The van der Waals surface area contributed by atoms with Gasteiger partial charge in [-0.1, -0.05) is 35.3 Å². The zero-order chi connectivity index (χ0) is 25.5. The van der Waals surface area contributed by atoms with Gasteiger partial charge in [-0.3, -0.25) is 5.43 Å². The number of hydrogen-bond acceptors (Lipinski definition) is 8. The molecule has 0 bridgehead atoms. The fourth-order valence-electron chi connectivity index (χ4n) is 3.23. The Bertz CT molecular complexity index is 1410. The van der Waals surface area contributed by atoms with Gasteiger partial charge in [-0.25, -0.2) is 9.78 Å². The maximum Gasteiger partial charge on any atom is 0.347 e. The molecule has 0 aliphatic heterocycles. The van der Waals surface area contributed by atoms with Crippen molar-refractivity contribution in [1.29, 1.82) is 0 Å². The molecule has 0 saturated carbocycles. The number of para-hydroxylation sites is 1. The third-order valence-electron chi connectivity index (χ3n) is 4.88. The summed E-state index contributed by atoms with van der Waals surface area (Å²) in [5, 5.41) is 7.82. The van der Waals surface area contributed by atoms with Crippen molar-refractivity contribution in [3.8, 4) is 28.5 Å². The minimum Gasteiger partial charge on any atom is -0.496 e. The van der Waals surface area contributed by atoms with E-state index in [1.807, 2.05) is 18.4 Å².